The fraction of sp³-hybridized carbons (Fsp3) is 0.273. The molecule has 3 aromatic heterocycles. The van der Waals surface area contributed by atoms with E-state index in [1.165, 1.54) is 0 Å². The molecular formula is C22H22ClN5O. The Morgan fingerprint density at radius 3 is 2.69 bits per heavy atom. The number of fused-ring (bicyclic) bond motifs is 1. The van der Waals surface area contributed by atoms with Crippen molar-refractivity contribution in [3.8, 4) is 17.3 Å². The van der Waals surface area contributed by atoms with Gasteiger partial charge in [-0.1, -0.05) is 25.4 Å². The maximum Gasteiger partial charge on any atom is 0.177 e. The van der Waals surface area contributed by atoms with Gasteiger partial charge in [-0.2, -0.15) is 5.10 Å². The fourth-order valence-corrected chi connectivity index (χ4v) is 3.08. The Hall–Kier alpha value is -2.99. The summed E-state index contributed by atoms with van der Waals surface area (Å²) in [5, 5.41) is 6.41. The van der Waals surface area contributed by atoms with Crippen molar-refractivity contribution in [1.82, 2.24) is 24.7 Å². The molecule has 0 saturated carbocycles. The van der Waals surface area contributed by atoms with Crippen LogP contribution in [0.1, 0.15) is 32.0 Å². The highest BCUT2D eigenvalue weighted by Crippen LogP contribution is 2.23. The quantitative estimate of drug-likeness (QED) is 0.424. The molecule has 1 aromatic carbocycles. The summed E-state index contributed by atoms with van der Waals surface area (Å²) in [5.74, 6) is 2.58. The van der Waals surface area contributed by atoms with Crippen molar-refractivity contribution in [2.45, 2.75) is 32.7 Å². The zero-order chi connectivity index (χ0) is 20.2. The summed E-state index contributed by atoms with van der Waals surface area (Å²) in [6.45, 7) is 5.28. The van der Waals surface area contributed by atoms with Crippen molar-refractivity contribution in [1.29, 1.82) is 0 Å². The van der Waals surface area contributed by atoms with Gasteiger partial charge in [-0.15, -0.1) is 0 Å². The minimum Gasteiger partial charge on any atom is -0.492 e. The molecule has 4 aromatic rings. The first-order valence-electron chi connectivity index (χ1n) is 9.69. The van der Waals surface area contributed by atoms with Crippen LogP contribution in [-0.4, -0.2) is 31.3 Å². The molecule has 1 unspecified atom stereocenters. The van der Waals surface area contributed by atoms with Crippen molar-refractivity contribution < 1.29 is 4.74 Å². The molecule has 0 aliphatic rings. The van der Waals surface area contributed by atoms with E-state index in [9.17, 15) is 0 Å². The van der Waals surface area contributed by atoms with Gasteiger partial charge in [0.05, 0.1) is 6.54 Å². The fourth-order valence-electron chi connectivity index (χ4n) is 2.95. The second kappa shape index (κ2) is 8.57. The van der Waals surface area contributed by atoms with E-state index in [1.54, 1.807) is 6.20 Å². The number of hydrogen-bond acceptors (Lipinski definition) is 5. The van der Waals surface area contributed by atoms with Gasteiger partial charge in [-0.3, -0.25) is 0 Å². The van der Waals surface area contributed by atoms with Gasteiger partial charge >= 0.3 is 0 Å². The average Bonchev–Trinajstić information content (AvgIpc) is 3.18. The summed E-state index contributed by atoms with van der Waals surface area (Å²) < 4.78 is 7.71. The molecule has 0 aliphatic carbocycles. The van der Waals surface area contributed by atoms with E-state index in [-0.39, 0.29) is 5.92 Å². The van der Waals surface area contributed by atoms with Gasteiger partial charge in [0.15, 0.2) is 17.3 Å². The number of aromatic nitrogens is 5. The monoisotopic (exact) mass is 407 g/mol. The highest BCUT2D eigenvalue weighted by atomic mass is 35.5. The minimum absolute atomic E-state index is 0.269. The maximum absolute atomic E-state index is 5.93. The Morgan fingerprint density at radius 2 is 1.90 bits per heavy atom. The van der Waals surface area contributed by atoms with E-state index in [0.717, 1.165) is 34.9 Å². The predicted octanol–water partition coefficient (Wildman–Crippen LogP) is 5.13. The molecular weight excluding hydrogens is 386 g/mol. The highest BCUT2D eigenvalue weighted by Gasteiger charge is 2.17. The Kier molecular flexibility index (Phi) is 5.71. The van der Waals surface area contributed by atoms with Crippen LogP contribution in [0.3, 0.4) is 0 Å². The van der Waals surface area contributed by atoms with Gasteiger partial charge in [-0.05, 0) is 55.0 Å². The molecule has 7 heteroatoms. The summed E-state index contributed by atoms with van der Waals surface area (Å²) in [7, 11) is 0. The van der Waals surface area contributed by atoms with E-state index in [0.29, 0.717) is 23.8 Å². The summed E-state index contributed by atoms with van der Waals surface area (Å²) in [6.07, 6.45) is 2.71. The molecule has 29 heavy (non-hydrogen) atoms. The molecule has 0 N–H and O–H groups in total. The first-order chi connectivity index (χ1) is 14.1. The lowest BCUT2D eigenvalue weighted by atomic mass is 10.1. The highest BCUT2D eigenvalue weighted by molar-refractivity contribution is 6.30. The lowest BCUT2D eigenvalue weighted by molar-refractivity contribution is 0.291. The lowest BCUT2D eigenvalue weighted by Crippen LogP contribution is -2.11. The standard InChI is InChI=1S/C22H22ClN5O/c1-3-15(2)20-26-22(19-11-6-16-5-4-12-24-21(16)25-19)28(27-20)13-14-29-18-9-7-17(23)8-10-18/h4-12,15H,3,13-14H2,1-2H3. The molecule has 6 nitrogen and oxygen atoms in total. The van der Waals surface area contributed by atoms with E-state index in [4.69, 9.17) is 31.4 Å². The summed E-state index contributed by atoms with van der Waals surface area (Å²) >= 11 is 5.93. The number of nitrogens with zero attached hydrogens (tertiary/aromatic N) is 5. The molecule has 0 spiro atoms. The number of halogens is 1. The third-order valence-electron chi connectivity index (χ3n) is 4.82. The number of benzene rings is 1. The smallest absolute Gasteiger partial charge is 0.177 e. The van der Waals surface area contributed by atoms with Crippen LogP contribution in [0.4, 0.5) is 0 Å². The first kappa shape index (κ1) is 19.3. The zero-order valence-corrected chi connectivity index (χ0v) is 17.2. The second-order valence-electron chi connectivity index (χ2n) is 6.88. The van der Waals surface area contributed by atoms with Crippen LogP contribution >= 0.6 is 11.6 Å². The van der Waals surface area contributed by atoms with E-state index < -0.39 is 0 Å². The normalized spacial score (nSPS) is 12.2. The van der Waals surface area contributed by atoms with Crippen molar-refractivity contribution in [3.05, 3.63) is 65.6 Å². The molecule has 4 rings (SSSR count). The topological polar surface area (TPSA) is 65.7 Å². The molecule has 0 bridgehead atoms. The molecule has 3 heterocycles. The first-order valence-corrected chi connectivity index (χ1v) is 10.1. The van der Waals surface area contributed by atoms with Crippen molar-refractivity contribution in [2.75, 3.05) is 6.61 Å². The van der Waals surface area contributed by atoms with Gasteiger partial charge in [0.1, 0.15) is 18.1 Å². The largest absolute Gasteiger partial charge is 0.492 e. The predicted molar refractivity (Wildman–Crippen MR) is 114 cm³/mol. The van der Waals surface area contributed by atoms with Crippen LogP contribution in [0.5, 0.6) is 5.75 Å². The van der Waals surface area contributed by atoms with E-state index in [2.05, 4.69) is 18.8 Å². The number of pyridine rings is 2. The van der Waals surface area contributed by atoms with Gasteiger partial charge in [0, 0.05) is 22.5 Å². The zero-order valence-electron chi connectivity index (χ0n) is 16.4. The lowest BCUT2D eigenvalue weighted by Gasteiger charge is -2.08. The number of hydrogen-bond donors (Lipinski definition) is 0. The number of rotatable bonds is 7. The summed E-state index contributed by atoms with van der Waals surface area (Å²) in [6, 6.07) is 15.2. The van der Waals surface area contributed by atoms with E-state index in [1.807, 2.05) is 53.2 Å². The van der Waals surface area contributed by atoms with Crippen LogP contribution in [0.25, 0.3) is 22.6 Å². The third-order valence-corrected chi connectivity index (χ3v) is 5.07. The molecule has 0 radical (unpaired) electrons. The Labute approximate surface area is 174 Å². The van der Waals surface area contributed by atoms with Gasteiger partial charge in [-0.25, -0.2) is 19.6 Å². The SMILES string of the molecule is CCC(C)c1nc(-c2ccc3cccnc3n2)n(CCOc2ccc(Cl)cc2)n1. The average molecular weight is 408 g/mol. The molecule has 0 aliphatic heterocycles. The van der Waals surface area contributed by atoms with Crippen molar-refractivity contribution in [2.24, 2.45) is 0 Å². The van der Waals surface area contributed by atoms with Crippen LogP contribution < -0.4 is 4.74 Å². The molecule has 0 amide bonds. The Balaban J connectivity index is 1.61. The third kappa shape index (κ3) is 4.38. The maximum atomic E-state index is 5.93. The molecule has 0 fully saturated rings. The van der Waals surface area contributed by atoms with Crippen LogP contribution in [0.15, 0.2) is 54.7 Å². The van der Waals surface area contributed by atoms with Crippen LogP contribution in [0, 0.1) is 0 Å². The summed E-state index contributed by atoms with van der Waals surface area (Å²) in [5.41, 5.74) is 1.45. The van der Waals surface area contributed by atoms with Crippen molar-refractivity contribution >= 4 is 22.6 Å². The Bertz CT molecular complexity index is 1110. The molecule has 0 saturated heterocycles. The van der Waals surface area contributed by atoms with Crippen LogP contribution in [0.2, 0.25) is 5.02 Å². The van der Waals surface area contributed by atoms with Gasteiger partial charge < -0.3 is 4.74 Å². The Morgan fingerprint density at radius 1 is 1.07 bits per heavy atom. The van der Waals surface area contributed by atoms with Gasteiger partial charge in [0.2, 0.25) is 0 Å². The van der Waals surface area contributed by atoms with Crippen molar-refractivity contribution in [3.63, 3.8) is 0 Å². The van der Waals surface area contributed by atoms with E-state index >= 15 is 0 Å². The van der Waals surface area contributed by atoms with Gasteiger partial charge in [0.25, 0.3) is 0 Å². The molecule has 148 valence electrons. The minimum atomic E-state index is 0.269. The number of ether oxygens (including phenoxy) is 1. The second-order valence-corrected chi connectivity index (χ2v) is 7.31. The summed E-state index contributed by atoms with van der Waals surface area (Å²) in [4.78, 5) is 13.8. The van der Waals surface area contributed by atoms with Crippen LogP contribution in [-0.2, 0) is 6.54 Å². The molecule has 1 atom stereocenters.